The normalized spacial score (nSPS) is 11.6. The van der Waals surface area contributed by atoms with E-state index in [4.69, 9.17) is 14.6 Å². The topological polar surface area (TPSA) is 94.1 Å². The molecule has 0 saturated heterocycles. The van der Waals surface area contributed by atoms with Gasteiger partial charge in [0.1, 0.15) is 12.1 Å². The summed E-state index contributed by atoms with van der Waals surface area (Å²) in [7, 11) is 1.19. The van der Waals surface area contributed by atoms with Crippen molar-refractivity contribution in [3.8, 4) is 11.5 Å². The van der Waals surface area contributed by atoms with Crippen LogP contribution >= 0.6 is 0 Å². The van der Waals surface area contributed by atoms with Crippen molar-refractivity contribution in [1.29, 1.82) is 0 Å². The molecule has 7 nitrogen and oxygen atoms in total. The molecule has 134 valence electrons. The van der Waals surface area contributed by atoms with Crippen molar-refractivity contribution >= 4 is 12.1 Å². The summed E-state index contributed by atoms with van der Waals surface area (Å²) in [6.45, 7) is 3.65. The molecule has 1 aromatic rings. The van der Waals surface area contributed by atoms with E-state index in [0.717, 1.165) is 18.2 Å². The van der Waals surface area contributed by atoms with E-state index >= 15 is 0 Å². The van der Waals surface area contributed by atoms with Crippen LogP contribution in [0.5, 0.6) is 11.5 Å². The lowest BCUT2D eigenvalue weighted by atomic mass is 10.2. The molecule has 9 heteroatoms. The number of methoxy groups -OCH3 is 1. The van der Waals surface area contributed by atoms with E-state index in [0.29, 0.717) is 0 Å². The average Bonchev–Trinajstić information content (AvgIpc) is 2.43. The molecule has 0 radical (unpaired) electrons. The van der Waals surface area contributed by atoms with Crippen LogP contribution in [-0.2, 0) is 4.74 Å². The number of hydrogen-bond donors (Lipinski definition) is 2. The van der Waals surface area contributed by atoms with E-state index in [1.165, 1.54) is 7.11 Å². The Morgan fingerprint density at radius 2 is 1.83 bits per heavy atom. The van der Waals surface area contributed by atoms with Gasteiger partial charge in [-0.3, -0.25) is 0 Å². The van der Waals surface area contributed by atoms with Gasteiger partial charge in [-0.1, -0.05) is 0 Å². The fraction of sp³-hybridized carbons (Fsp3) is 0.467. The van der Waals surface area contributed by atoms with Crippen LogP contribution in [0.2, 0.25) is 0 Å². The largest absolute Gasteiger partial charge is 0.493 e. The zero-order chi connectivity index (χ0) is 18.5. The number of benzene rings is 1. The Morgan fingerprint density at radius 3 is 2.33 bits per heavy atom. The van der Waals surface area contributed by atoms with Gasteiger partial charge in [-0.05, 0) is 39.0 Å². The Balaban J connectivity index is 2.76. The summed E-state index contributed by atoms with van der Waals surface area (Å²) in [6, 6.07) is 3.19. The van der Waals surface area contributed by atoms with Crippen molar-refractivity contribution in [2.24, 2.45) is 0 Å². The molecule has 0 saturated carbocycles. The number of aromatic carboxylic acids is 1. The van der Waals surface area contributed by atoms with E-state index in [9.17, 15) is 18.4 Å². The maximum atomic E-state index is 13.8. The van der Waals surface area contributed by atoms with Crippen LogP contribution in [-0.4, -0.2) is 42.5 Å². The molecule has 0 fully saturated rings. The molecule has 0 unspecified atom stereocenters. The first kappa shape index (κ1) is 19.5. The third kappa shape index (κ3) is 6.27. The second-order valence-electron chi connectivity index (χ2n) is 5.77. The molecule has 0 bridgehead atoms. The Labute approximate surface area is 137 Å². The lowest BCUT2D eigenvalue weighted by Crippen LogP contribution is -2.42. The second kappa shape index (κ2) is 7.33. The minimum atomic E-state index is -3.76. The molecule has 0 spiro atoms. The molecule has 2 N–H and O–H groups in total. The van der Waals surface area contributed by atoms with Gasteiger partial charge in [0.05, 0.1) is 12.7 Å². The number of carbonyl (C=O) groups is 2. The standard InChI is InChI=1S/C15H19F2NO6/c1-14(2,3)24-13(21)18-8-15(16,17)23-10-6-5-9(12(19)20)7-11(10)22-4/h5-7H,8H2,1-4H3,(H,18,21)(H,19,20). The van der Waals surface area contributed by atoms with E-state index in [1.54, 1.807) is 20.8 Å². The van der Waals surface area contributed by atoms with Gasteiger partial charge in [0.15, 0.2) is 11.5 Å². The minimum absolute atomic E-state index is 0.144. The van der Waals surface area contributed by atoms with Crippen LogP contribution < -0.4 is 14.8 Å². The Hall–Kier alpha value is -2.58. The van der Waals surface area contributed by atoms with Gasteiger partial charge in [0.25, 0.3) is 0 Å². The molecule has 0 aliphatic heterocycles. The quantitative estimate of drug-likeness (QED) is 0.822. The molecule has 0 aliphatic rings. The Bertz CT molecular complexity index is 612. The number of halogens is 2. The summed E-state index contributed by atoms with van der Waals surface area (Å²) in [5.74, 6) is -1.77. The fourth-order valence-electron chi connectivity index (χ4n) is 1.57. The second-order valence-corrected chi connectivity index (χ2v) is 5.77. The first-order valence-corrected chi connectivity index (χ1v) is 6.88. The highest BCUT2D eigenvalue weighted by Crippen LogP contribution is 2.32. The number of hydrogen-bond acceptors (Lipinski definition) is 5. The molecule has 1 aromatic carbocycles. The van der Waals surface area contributed by atoms with Crippen molar-refractivity contribution < 1.29 is 37.7 Å². The molecular weight excluding hydrogens is 328 g/mol. The van der Waals surface area contributed by atoms with Crippen molar-refractivity contribution in [1.82, 2.24) is 5.32 Å². The first-order valence-electron chi connectivity index (χ1n) is 6.88. The van der Waals surface area contributed by atoms with Crippen molar-refractivity contribution in [3.05, 3.63) is 23.8 Å². The summed E-state index contributed by atoms with van der Waals surface area (Å²) in [4.78, 5) is 22.2. The predicted octanol–water partition coefficient (Wildman–Crippen LogP) is 2.89. The van der Waals surface area contributed by atoms with Gasteiger partial charge in [0, 0.05) is 0 Å². The molecular formula is C15H19F2NO6. The Morgan fingerprint density at radius 1 is 1.21 bits per heavy atom. The molecule has 0 aromatic heterocycles. The number of rotatable bonds is 6. The van der Waals surface area contributed by atoms with E-state index < -0.39 is 30.3 Å². The number of carboxylic acids is 1. The van der Waals surface area contributed by atoms with Crippen LogP contribution in [0.1, 0.15) is 31.1 Å². The number of alkyl carbamates (subject to hydrolysis) is 1. The fourth-order valence-corrected chi connectivity index (χ4v) is 1.57. The smallest absolute Gasteiger partial charge is 0.415 e. The summed E-state index contributed by atoms with van der Waals surface area (Å²) in [5, 5.41) is 10.8. The van der Waals surface area contributed by atoms with E-state index in [-0.39, 0.29) is 17.1 Å². The maximum Gasteiger partial charge on any atom is 0.415 e. The van der Waals surface area contributed by atoms with Gasteiger partial charge in [0.2, 0.25) is 0 Å². The maximum absolute atomic E-state index is 13.8. The highest BCUT2D eigenvalue weighted by molar-refractivity contribution is 5.88. The number of ether oxygens (including phenoxy) is 3. The van der Waals surface area contributed by atoms with Crippen LogP contribution in [0.3, 0.4) is 0 Å². The minimum Gasteiger partial charge on any atom is -0.493 e. The van der Waals surface area contributed by atoms with Gasteiger partial charge in [-0.25, -0.2) is 9.59 Å². The molecule has 1 rings (SSSR count). The molecule has 0 aliphatic carbocycles. The van der Waals surface area contributed by atoms with Crippen molar-refractivity contribution in [2.75, 3.05) is 13.7 Å². The summed E-state index contributed by atoms with van der Waals surface area (Å²) < 4.78 is 41.8. The van der Waals surface area contributed by atoms with Gasteiger partial charge >= 0.3 is 18.2 Å². The SMILES string of the molecule is COc1cc(C(=O)O)ccc1OC(F)(F)CNC(=O)OC(C)(C)C. The van der Waals surface area contributed by atoms with E-state index in [2.05, 4.69) is 4.74 Å². The number of carboxylic acid groups (broad SMARTS) is 1. The molecule has 0 atom stereocenters. The lowest BCUT2D eigenvalue weighted by molar-refractivity contribution is -0.171. The number of carbonyl (C=O) groups excluding carboxylic acids is 1. The number of amides is 1. The van der Waals surface area contributed by atoms with E-state index in [1.807, 2.05) is 5.32 Å². The predicted molar refractivity (Wildman–Crippen MR) is 79.8 cm³/mol. The molecule has 0 heterocycles. The highest BCUT2D eigenvalue weighted by Gasteiger charge is 2.34. The summed E-state index contributed by atoms with van der Waals surface area (Å²) >= 11 is 0. The number of alkyl halides is 2. The zero-order valence-electron chi connectivity index (χ0n) is 13.7. The third-order valence-corrected chi connectivity index (χ3v) is 2.51. The lowest BCUT2D eigenvalue weighted by Gasteiger charge is -2.22. The van der Waals surface area contributed by atoms with Gasteiger partial charge in [-0.15, -0.1) is 0 Å². The summed E-state index contributed by atoms with van der Waals surface area (Å²) in [5.41, 5.74) is -0.967. The van der Waals surface area contributed by atoms with Crippen molar-refractivity contribution in [3.63, 3.8) is 0 Å². The zero-order valence-corrected chi connectivity index (χ0v) is 13.7. The average molecular weight is 347 g/mol. The van der Waals surface area contributed by atoms with Crippen LogP contribution in [0.25, 0.3) is 0 Å². The first-order chi connectivity index (χ1) is 10.9. The van der Waals surface area contributed by atoms with Crippen LogP contribution in [0.15, 0.2) is 18.2 Å². The number of nitrogens with one attached hydrogen (secondary N) is 1. The Kier molecular flexibility index (Phi) is 5.94. The van der Waals surface area contributed by atoms with Crippen LogP contribution in [0.4, 0.5) is 13.6 Å². The van der Waals surface area contributed by atoms with Gasteiger partial charge in [-0.2, -0.15) is 8.78 Å². The summed E-state index contributed by atoms with van der Waals surface area (Å²) in [6.07, 6.45) is -4.77. The van der Waals surface area contributed by atoms with Crippen molar-refractivity contribution in [2.45, 2.75) is 32.5 Å². The molecule has 24 heavy (non-hydrogen) atoms. The monoisotopic (exact) mass is 347 g/mol. The van der Waals surface area contributed by atoms with Crippen LogP contribution in [0, 0.1) is 0 Å². The van der Waals surface area contributed by atoms with Gasteiger partial charge < -0.3 is 24.6 Å². The third-order valence-electron chi connectivity index (χ3n) is 2.51. The molecule has 1 amide bonds. The highest BCUT2D eigenvalue weighted by atomic mass is 19.3.